The molecule has 0 aliphatic carbocycles. The Morgan fingerprint density at radius 3 is 2.50 bits per heavy atom. The van der Waals surface area contributed by atoms with Crippen molar-refractivity contribution >= 4 is 11.9 Å². The highest BCUT2D eigenvalue weighted by atomic mass is 16.4. The summed E-state index contributed by atoms with van der Waals surface area (Å²) in [6, 6.07) is -2.28. The van der Waals surface area contributed by atoms with Crippen molar-refractivity contribution in [3.8, 4) is 0 Å². The van der Waals surface area contributed by atoms with E-state index in [1.54, 1.807) is 0 Å². The number of carboxylic acids is 1. The number of aromatic amines is 1. The second-order valence-electron chi connectivity index (χ2n) is 3.95. The quantitative estimate of drug-likeness (QED) is 0.360. The predicted molar refractivity (Wildman–Crippen MR) is 68.7 cm³/mol. The van der Waals surface area contributed by atoms with Gasteiger partial charge >= 0.3 is 5.97 Å². The van der Waals surface area contributed by atoms with E-state index in [2.05, 4.69) is 15.3 Å². The van der Waals surface area contributed by atoms with Gasteiger partial charge in [-0.1, -0.05) is 0 Å². The summed E-state index contributed by atoms with van der Waals surface area (Å²) in [6.45, 7) is 1.28. The van der Waals surface area contributed by atoms with Gasteiger partial charge in [-0.2, -0.15) is 0 Å². The van der Waals surface area contributed by atoms with Gasteiger partial charge < -0.3 is 37.2 Å². The number of carbonyl (C=O) groups is 2. The molecule has 0 bridgehead atoms. The topological polar surface area (TPSA) is 204 Å². The second kappa shape index (κ2) is 8.98. The molecule has 0 aliphatic rings. The molecule has 10 heteroatoms. The minimum absolute atomic E-state index is 0. The van der Waals surface area contributed by atoms with Crippen LogP contribution in [0, 0.1) is 0 Å². The number of aliphatic hydroxyl groups is 1. The minimum atomic E-state index is -1.37. The number of nitrogens with zero attached hydrogens (tertiary/aromatic N) is 1. The zero-order chi connectivity index (χ0) is 13.7. The molecule has 116 valence electrons. The third-order valence-corrected chi connectivity index (χ3v) is 2.38. The SMILES string of the molecule is C[C@@H](O)[C@H](NC(=O)[C@@H](N)Cc1cnc[nH]1)C(=O)O.O.O. The second-order valence-corrected chi connectivity index (χ2v) is 3.95. The summed E-state index contributed by atoms with van der Waals surface area (Å²) < 4.78 is 0. The van der Waals surface area contributed by atoms with E-state index in [0.717, 1.165) is 0 Å². The maximum Gasteiger partial charge on any atom is 0.328 e. The summed E-state index contributed by atoms with van der Waals surface area (Å²) in [4.78, 5) is 29.0. The number of rotatable bonds is 6. The van der Waals surface area contributed by atoms with Crippen LogP contribution in [0.3, 0.4) is 0 Å². The fraction of sp³-hybridized carbons (Fsp3) is 0.500. The monoisotopic (exact) mass is 292 g/mol. The van der Waals surface area contributed by atoms with Crippen LogP contribution in [-0.4, -0.2) is 61.2 Å². The lowest BCUT2D eigenvalue weighted by Crippen LogP contribution is -2.53. The zero-order valence-corrected chi connectivity index (χ0v) is 10.8. The molecule has 1 aromatic heterocycles. The predicted octanol–water partition coefficient (Wildman–Crippen LogP) is -3.42. The number of amides is 1. The first-order valence-electron chi connectivity index (χ1n) is 5.36. The lowest BCUT2D eigenvalue weighted by atomic mass is 10.1. The van der Waals surface area contributed by atoms with Gasteiger partial charge in [-0.15, -0.1) is 0 Å². The van der Waals surface area contributed by atoms with Crippen LogP contribution in [0.5, 0.6) is 0 Å². The van der Waals surface area contributed by atoms with Crippen LogP contribution < -0.4 is 11.1 Å². The molecule has 0 unspecified atom stereocenters. The first-order chi connectivity index (χ1) is 8.41. The molecular weight excluding hydrogens is 272 g/mol. The Morgan fingerprint density at radius 2 is 2.10 bits per heavy atom. The number of H-pyrrole nitrogens is 1. The Balaban J connectivity index is 0. The highest BCUT2D eigenvalue weighted by molar-refractivity contribution is 5.87. The van der Waals surface area contributed by atoms with Gasteiger partial charge in [-0.3, -0.25) is 4.79 Å². The fourth-order valence-corrected chi connectivity index (χ4v) is 1.37. The molecule has 0 radical (unpaired) electrons. The molecule has 0 spiro atoms. The molecule has 0 fully saturated rings. The average Bonchev–Trinajstić information content (AvgIpc) is 2.77. The van der Waals surface area contributed by atoms with Gasteiger partial charge in [0.05, 0.1) is 18.5 Å². The third-order valence-electron chi connectivity index (χ3n) is 2.38. The summed E-state index contributed by atoms with van der Waals surface area (Å²) in [6.07, 6.45) is 1.98. The summed E-state index contributed by atoms with van der Waals surface area (Å²) in [5, 5.41) is 20.2. The lowest BCUT2D eigenvalue weighted by molar-refractivity contribution is -0.144. The van der Waals surface area contributed by atoms with E-state index in [0.29, 0.717) is 5.69 Å². The molecule has 0 saturated carbocycles. The van der Waals surface area contributed by atoms with Crippen LogP contribution in [0.2, 0.25) is 0 Å². The molecule has 1 aromatic rings. The molecule has 1 rings (SSSR count). The van der Waals surface area contributed by atoms with Crippen LogP contribution in [0.4, 0.5) is 0 Å². The normalized spacial score (nSPS) is 14.2. The fourth-order valence-electron chi connectivity index (χ4n) is 1.37. The maximum absolute atomic E-state index is 11.6. The van der Waals surface area contributed by atoms with Crippen molar-refractivity contribution < 1.29 is 30.8 Å². The van der Waals surface area contributed by atoms with Crippen LogP contribution in [-0.2, 0) is 16.0 Å². The molecule has 3 atom stereocenters. The number of carbonyl (C=O) groups excluding carboxylic acids is 1. The van der Waals surface area contributed by atoms with Crippen molar-refractivity contribution in [3.05, 3.63) is 18.2 Å². The van der Waals surface area contributed by atoms with E-state index in [9.17, 15) is 14.7 Å². The van der Waals surface area contributed by atoms with Crippen molar-refractivity contribution in [2.75, 3.05) is 0 Å². The van der Waals surface area contributed by atoms with Crippen LogP contribution >= 0.6 is 0 Å². The Bertz CT molecular complexity index is 408. The van der Waals surface area contributed by atoms with Gasteiger partial charge in [-0.05, 0) is 6.92 Å². The Labute approximate surface area is 114 Å². The number of aliphatic hydroxyl groups excluding tert-OH is 1. The van der Waals surface area contributed by atoms with Crippen molar-refractivity contribution in [2.45, 2.75) is 31.5 Å². The molecule has 1 amide bonds. The highest BCUT2D eigenvalue weighted by Gasteiger charge is 2.27. The van der Waals surface area contributed by atoms with E-state index >= 15 is 0 Å². The number of nitrogens with one attached hydrogen (secondary N) is 2. The number of aromatic nitrogens is 2. The minimum Gasteiger partial charge on any atom is -0.480 e. The third kappa shape index (κ3) is 5.75. The van der Waals surface area contributed by atoms with Crippen LogP contribution in [0.25, 0.3) is 0 Å². The van der Waals surface area contributed by atoms with Crippen LogP contribution in [0.15, 0.2) is 12.5 Å². The first-order valence-corrected chi connectivity index (χ1v) is 5.36. The lowest BCUT2D eigenvalue weighted by Gasteiger charge is -2.19. The van der Waals surface area contributed by atoms with E-state index in [1.165, 1.54) is 19.4 Å². The van der Waals surface area contributed by atoms with E-state index in [4.69, 9.17) is 10.8 Å². The molecular formula is C10H20N4O6. The molecule has 0 aliphatic heterocycles. The number of nitrogens with two attached hydrogens (primary N) is 1. The Kier molecular flexibility index (Phi) is 9.12. The van der Waals surface area contributed by atoms with E-state index in [1.807, 2.05) is 0 Å². The van der Waals surface area contributed by atoms with Gasteiger partial charge in [0.2, 0.25) is 5.91 Å². The van der Waals surface area contributed by atoms with Crippen molar-refractivity contribution in [2.24, 2.45) is 5.73 Å². The molecule has 10 nitrogen and oxygen atoms in total. The zero-order valence-electron chi connectivity index (χ0n) is 10.8. The molecule has 1 heterocycles. The molecule has 20 heavy (non-hydrogen) atoms. The van der Waals surface area contributed by atoms with Crippen molar-refractivity contribution in [1.29, 1.82) is 0 Å². The van der Waals surface area contributed by atoms with Gasteiger partial charge in [-0.25, -0.2) is 9.78 Å². The molecule has 0 saturated heterocycles. The number of carboxylic acid groups (broad SMARTS) is 1. The Morgan fingerprint density at radius 1 is 1.50 bits per heavy atom. The van der Waals surface area contributed by atoms with E-state index < -0.39 is 30.1 Å². The van der Waals surface area contributed by atoms with E-state index in [-0.39, 0.29) is 17.4 Å². The first kappa shape index (κ1) is 20.3. The summed E-state index contributed by atoms with van der Waals surface area (Å²) >= 11 is 0. The highest BCUT2D eigenvalue weighted by Crippen LogP contribution is 1.99. The van der Waals surface area contributed by atoms with Gasteiger partial charge in [0.15, 0.2) is 6.04 Å². The maximum atomic E-state index is 11.6. The summed E-state index contributed by atoms with van der Waals surface area (Å²) in [5.41, 5.74) is 6.29. The smallest absolute Gasteiger partial charge is 0.328 e. The Hall–Kier alpha value is -2.01. The standard InChI is InChI=1S/C10H16N4O4.2H2O/c1-5(15)8(10(17)18)14-9(16)7(11)2-6-3-12-4-13-6;;/h3-5,7-8,15H,2,11H2,1H3,(H,12,13)(H,14,16)(H,17,18);2*1H2/t5-,7+,8+;;/m1../s1. The number of hydrogen-bond acceptors (Lipinski definition) is 5. The number of imidazole rings is 1. The van der Waals surface area contributed by atoms with Gasteiger partial charge in [0, 0.05) is 18.3 Å². The summed E-state index contributed by atoms with van der Waals surface area (Å²) in [5.74, 6) is -1.95. The largest absolute Gasteiger partial charge is 0.480 e. The molecule has 0 aromatic carbocycles. The van der Waals surface area contributed by atoms with Gasteiger partial charge in [0.1, 0.15) is 0 Å². The van der Waals surface area contributed by atoms with Crippen molar-refractivity contribution in [1.82, 2.24) is 15.3 Å². The number of aliphatic carboxylic acids is 1. The number of hydrogen-bond donors (Lipinski definition) is 5. The summed E-state index contributed by atoms with van der Waals surface area (Å²) in [7, 11) is 0. The van der Waals surface area contributed by atoms with Gasteiger partial charge in [0.25, 0.3) is 0 Å². The average molecular weight is 292 g/mol. The molecule has 10 N–H and O–H groups in total. The van der Waals surface area contributed by atoms with Crippen molar-refractivity contribution in [3.63, 3.8) is 0 Å². The van der Waals surface area contributed by atoms with Crippen LogP contribution in [0.1, 0.15) is 12.6 Å².